The first-order chi connectivity index (χ1) is 6.83. The molecule has 1 heterocycles. The molecule has 0 saturated carbocycles. The predicted octanol–water partition coefficient (Wildman–Crippen LogP) is 2.90. The van der Waals surface area contributed by atoms with Crippen molar-refractivity contribution in [1.29, 1.82) is 0 Å². The van der Waals surface area contributed by atoms with Crippen molar-refractivity contribution in [3.63, 3.8) is 0 Å². The zero-order valence-electron chi connectivity index (χ0n) is 7.84. The van der Waals surface area contributed by atoms with E-state index >= 15 is 0 Å². The summed E-state index contributed by atoms with van der Waals surface area (Å²) >= 11 is 7.75. The van der Waals surface area contributed by atoms with E-state index < -0.39 is 0 Å². The van der Waals surface area contributed by atoms with Gasteiger partial charge in [-0.1, -0.05) is 6.42 Å². The fourth-order valence-corrected chi connectivity index (χ4v) is 1.47. The molecule has 78 valence electrons. The molecular weight excluding hydrogens is 312 g/mol. The van der Waals surface area contributed by atoms with Crippen molar-refractivity contribution >= 4 is 40.1 Å². The Morgan fingerprint density at radius 3 is 2.57 bits per heavy atom. The largest absolute Gasteiger partial charge is 0.354 e. The minimum Gasteiger partial charge on any atom is -0.354 e. The molecule has 1 rings (SSSR count). The van der Waals surface area contributed by atoms with E-state index in [1.54, 1.807) is 12.4 Å². The van der Waals surface area contributed by atoms with Crippen LogP contribution < -0.4 is 5.32 Å². The van der Waals surface area contributed by atoms with Gasteiger partial charge in [-0.15, -0.1) is 11.6 Å². The van der Waals surface area contributed by atoms with E-state index in [1.165, 1.54) is 0 Å². The molecule has 0 bridgehead atoms. The van der Waals surface area contributed by atoms with E-state index in [4.69, 9.17) is 11.6 Å². The number of anilines is 1. The first-order valence-corrected chi connectivity index (χ1v) is 6.21. The van der Waals surface area contributed by atoms with Gasteiger partial charge in [-0.05, 0) is 35.4 Å². The van der Waals surface area contributed by atoms with E-state index in [0.717, 1.165) is 35.3 Å². The number of nitrogens with one attached hydrogen (secondary N) is 1. The first kappa shape index (κ1) is 12.0. The van der Waals surface area contributed by atoms with Gasteiger partial charge < -0.3 is 5.32 Å². The lowest BCUT2D eigenvalue weighted by Gasteiger charge is -2.03. The second-order valence-corrected chi connectivity index (χ2v) is 4.52. The average Bonchev–Trinajstić information content (AvgIpc) is 2.21. The SMILES string of the molecule is ClCCCCCNc1ncc(I)cn1. The number of alkyl halides is 1. The second kappa shape index (κ2) is 7.23. The lowest BCUT2D eigenvalue weighted by molar-refractivity contribution is 0.744. The Bertz CT molecular complexity index is 253. The molecule has 14 heavy (non-hydrogen) atoms. The molecular formula is C9H13ClIN3. The molecule has 0 aliphatic heterocycles. The number of halogens is 2. The molecule has 0 aliphatic carbocycles. The maximum Gasteiger partial charge on any atom is 0.222 e. The fourth-order valence-electron chi connectivity index (χ4n) is 1.00. The Morgan fingerprint density at radius 2 is 1.93 bits per heavy atom. The van der Waals surface area contributed by atoms with E-state index in [9.17, 15) is 0 Å². The summed E-state index contributed by atoms with van der Waals surface area (Å²) in [4.78, 5) is 8.28. The van der Waals surface area contributed by atoms with Crippen molar-refractivity contribution in [2.45, 2.75) is 19.3 Å². The molecule has 0 radical (unpaired) electrons. The Morgan fingerprint density at radius 1 is 1.21 bits per heavy atom. The summed E-state index contributed by atoms with van der Waals surface area (Å²) in [5.74, 6) is 1.45. The lowest BCUT2D eigenvalue weighted by atomic mass is 10.2. The first-order valence-electron chi connectivity index (χ1n) is 4.60. The van der Waals surface area contributed by atoms with Crippen molar-refractivity contribution in [3.05, 3.63) is 16.0 Å². The van der Waals surface area contributed by atoms with Crippen molar-refractivity contribution < 1.29 is 0 Å². The summed E-state index contributed by atoms with van der Waals surface area (Å²) in [6.45, 7) is 0.914. The van der Waals surface area contributed by atoms with Gasteiger partial charge in [-0.25, -0.2) is 9.97 Å². The summed E-state index contributed by atoms with van der Waals surface area (Å²) in [5, 5.41) is 3.16. The number of nitrogens with zero attached hydrogens (tertiary/aromatic N) is 2. The highest BCUT2D eigenvalue weighted by Gasteiger charge is 1.94. The van der Waals surface area contributed by atoms with E-state index in [0.29, 0.717) is 5.95 Å². The van der Waals surface area contributed by atoms with Crippen LogP contribution in [0.5, 0.6) is 0 Å². The van der Waals surface area contributed by atoms with Crippen molar-refractivity contribution in [3.8, 4) is 0 Å². The minimum absolute atomic E-state index is 0.705. The van der Waals surface area contributed by atoms with Gasteiger partial charge in [0.25, 0.3) is 0 Å². The Kier molecular flexibility index (Phi) is 6.18. The maximum absolute atomic E-state index is 5.57. The van der Waals surface area contributed by atoms with Gasteiger partial charge in [0.1, 0.15) is 0 Å². The summed E-state index contributed by atoms with van der Waals surface area (Å²) < 4.78 is 1.05. The highest BCUT2D eigenvalue weighted by molar-refractivity contribution is 14.1. The van der Waals surface area contributed by atoms with Gasteiger partial charge >= 0.3 is 0 Å². The van der Waals surface area contributed by atoms with Gasteiger partial charge in [0, 0.05) is 28.4 Å². The van der Waals surface area contributed by atoms with Gasteiger partial charge in [-0.3, -0.25) is 0 Å². The Labute approximate surface area is 103 Å². The van der Waals surface area contributed by atoms with Gasteiger partial charge in [0.15, 0.2) is 0 Å². The molecule has 0 amide bonds. The van der Waals surface area contributed by atoms with Gasteiger partial charge in [-0.2, -0.15) is 0 Å². The molecule has 1 aromatic rings. The standard InChI is InChI=1S/C9H13ClIN3/c10-4-2-1-3-5-12-9-13-6-8(11)7-14-9/h6-7H,1-5H2,(H,12,13,14). The number of hydrogen-bond donors (Lipinski definition) is 1. The molecule has 0 saturated heterocycles. The molecule has 1 N–H and O–H groups in total. The second-order valence-electron chi connectivity index (χ2n) is 2.90. The molecule has 5 heteroatoms. The Hall–Kier alpha value is -0.100. The van der Waals surface area contributed by atoms with Crippen molar-refractivity contribution in [2.24, 2.45) is 0 Å². The van der Waals surface area contributed by atoms with Crippen LogP contribution in [0.15, 0.2) is 12.4 Å². The van der Waals surface area contributed by atoms with Crippen LogP contribution in [0, 0.1) is 3.57 Å². The molecule has 3 nitrogen and oxygen atoms in total. The number of rotatable bonds is 6. The fraction of sp³-hybridized carbons (Fsp3) is 0.556. The molecule has 0 atom stereocenters. The van der Waals surface area contributed by atoms with Crippen LogP contribution in [0.2, 0.25) is 0 Å². The topological polar surface area (TPSA) is 37.8 Å². The molecule has 0 aliphatic rings. The van der Waals surface area contributed by atoms with E-state index in [-0.39, 0.29) is 0 Å². The lowest BCUT2D eigenvalue weighted by Crippen LogP contribution is -2.05. The number of hydrogen-bond acceptors (Lipinski definition) is 3. The smallest absolute Gasteiger partial charge is 0.222 e. The van der Waals surface area contributed by atoms with E-state index in [1.807, 2.05) is 0 Å². The van der Waals surface area contributed by atoms with Crippen molar-refractivity contribution in [2.75, 3.05) is 17.7 Å². The summed E-state index contributed by atoms with van der Waals surface area (Å²) in [6.07, 6.45) is 6.95. The summed E-state index contributed by atoms with van der Waals surface area (Å²) in [7, 11) is 0. The quantitative estimate of drug-likeness (QED) is 0.496. The van der Waals surface area contributed by atoms with Crippen LogP contribution in [0.4, 0.5) is 5.95 Å². The number of aromatic nitrogens is 2. The van der Waals surface area contributed by atoms with Crippen LogP contribution in [0.25, 0.3) is 0 Å². The van der Waals surface area contributed by atoms with Gasteiger partial charge in [0.05, 0.1) is 0 Å². The third kappa shape index (κ3) is 4.95. The summed E-state index contributed by atoms with van der Waals surface area (Å²) in [5.41, 5.74) is 0. The van der Waals surface area contributed by atoms with Crippen LogP contribution in [0.1, 0.15) is 19.3 Å². The Balaban J connectivity index is 2.15. The predicted molar refractivity (Wildman–Crippen MR) is 67.8 cm³/mol. The zero-order chi connectivity index (χ0) is 10.2. The zero-order valence-corrected chi connectivity index (χ0v) is 10.8. The normalized spacial score (nSPS) is 10.1. The minimum atomic E-state index is 0.705. The van der Waals surface area contributed by atoms with Crippen LogP contribution in [0.3, 0.4) is 0 Å². The summed E-state index contributed by atoms with van der Waals surface area (Å²) in [6, 6.07) is 0. The third-order valence-electron chi connectivity index (χ3n) is 1.71. The molecule has 0 aromatic carbocycles. The molecule has 0 unspecified atom stereocenters. The van der Waals surface area contributed by atoms with Gasteiger partial charge in [0.2, 0.25) is 5.95 Å². The van der Waals surface area contributed by atoms with Crippen LogP contribution in [-0.2, 0) is 0 Å². The molecule has 1 aromatic heterocycles. The highest BCUT2D eigenvalue weighted by atomic mass is 127. The van der Waals surface area contributed by atoms with Crippen LogP contribution >= 0.6 is 34.2 Å². The molecule has 0 fully saturated rings. The maximum atomic E-state index is 5.57. The monoisotopic (exact) mass is 325 g/mol. The average molecular weight is 326 g/mol. The highest BCUT2D eigenvalue weighted by Crippen LogP contribution is 2.03. The van der Waals surface area contributed by atoms with E-state index in [2.05, 4.69) is 37.9 Å². The van der Waals surface area contributed by atoms with Crippen LogP contribution in [-0.4, -0.2) is 22.4 Å². The third-order valence-corrected chi connectivity index (χ3v) is 2.54. The number of unbranched alkanes of at least 4 members (excludes halogenated alkanes) is 2. The van der Waals surface area contributed by atoms with Crippen molar-refractivity contribution in [1.82, 2.24) is 9.97 Å². The molecule has 0 spiro atoms.